The summed E-state index contributed by atoms with van der Waals surface area (Å²) in [5, 5.41) is 9.79. The van der Waals surface area contributed by atoms with Crippen molar-refractivity contribution in [1.29, 1.82) is 0 Å². The standard InChI is InChI=1S/C20H26N4O/c1-2-3-10-19-21-22-20(25-19)18-15-16-8-4-5-9-17(16)24(18)14-13-23-11-6-7-12-23/h4-5,8-9,15H,2-3,6-7,10-14H2,1H3. The number of rotatable bonds is 7. The van der Waals surface area contributed by atoms with Crippen molar-refractivity contribution in [3.8, 4) is 11.6 Å². The summed E-state index contributed by atoms with van der Waals surface area (Å²) in [5.74, 6) is 1.39. The van der Waals surface area contributed by atoms with Crippen LogP contribution in [0.3, 0.4) is 0 Å². The summed E-state index contributed by atoms with van der Waals surface area (Å²) in [7, 11) is 0. The van der Waals surface area contributed by atoms with E-state index in [1.54, 1.807) is 0 Å². The van der Waals surface area contributed by atoms with Crippen molar-refractivity contribution in [1.82, 2.24) is 19.7 Å². The van der Waals surface area contributed by atoms with E-state index >= 15 is 0 Å². The van der Waals surface area contributed by atoms with E-state index in [9.17, 15) is 0 Å². The first-order valence-electron chi connectivity index (χ1n) is 9.48. The third-order valence-electron chi connectivity index (χ3n) is 5.08. The molecule has 5 nitrogen and oxygen atoms in total. The van der Waals surface area contributed by atoms with Gasteiger partial charge in [-0.1, -0.05) is 31.5 Å². The van der Waals surface area contributed by atoms with Gasteiger partial charge in [0, 0.05) is 30.4 Å². The van der Waals surface area contributed by atoms with Gasteiger partial charge in [-0.05, 0) is 44.5 Å². The maximum absolute atomic E-state index is 5.96. The van der Waals surface area contributed by atoms with Crippen LogP contribution in [-0.2, 0) is 13.0 Å². The fraction of sp³-hybridized carbons (Fsp3) is 0.500. The topological polar surface area (TPSA) is 47.1 Å². The van der Waals surface area contributed by atoms with E-state index in [1.165, 1.54) is 36.8 Å². The Bertz CT molecular complexity index is 829. The summed E-state index contributed by atoms with van der Waals surface area (Å²) < 4.78 is 8.30. The molecule has 1 saturated heterocycles. The van der Waals surface area contributed by atoms with Crippen LogP contribution in [-0.4, -0.2) is 39.3 Å². The molecule has 1 aromatic carbocycles. The van der Waals surface area contributed by atoms with Crippen LogP contribution >= 0.6 is 0 Å². The van der Waals surface area contributed by atoms with Crippen LogP contribution in [0.25, 0.3) is 22.5 Å². The smallest absolute Gasteiger partial charge is 0.264 e. The van der Waals surface area contributed by atoms with Crippen LogP contribution in [0, 0.1) is 0 Å². The fourth-order valence-electron chi connectivity index (χ4n) is 3.66. The lowest BCUT2D eigenvalue weighted by Crippen LogP contribution is -2.24. The predicted molar refractivity (Wildman–Crippen MR) is 99.5 cm³/mol. The van der Waals surface area contributed by atoms with Crippen molar-refractivity contribution in [2.24, 2.45) is 0 Å². The van der Waals surface area contributed by atoms with E-state index < -0.39 is 0 Å². The number of hydrogen-bond donors (Lipinski definition) is 0. The SMILES string of the molecule is CCCCc1nnc(-c2cc3ccccc3n2CCN2CCCC2)o1. The molecule has 0 unspecified atom stereocenters. The van der Waals surface area contributed by atoms with Crippen molar-refractivity contribution in [2.45, 2.75) is 45.6 Å². The zero-order valence-electron chi connectivity index (χ0n) is 14.9. The lowest BCUT2D eigenvalue weighted by molar-refractivity contribution is 0.324. The third-order valence-corrected chi connectivity index (χ3v) is 5.08. The summed E-state index contributed by atoms with van der Waals surface area (Å²) in [5.41, 5.74) is 2.28. The molecule has 25 heavy (non-hydrogen) atoms. The second kappa shape index (κ2) is 7.40. The summed E-state index contributed by atoms with van der Waals surface area (Å²) in [4.78, 5) is 2.54. The molecule has 1 aliphatic heterocycles. The van der Waals surface area contributed by atoms with E-state index in [1.807, 2.05) is 0 Å². The number of likely N-dealkylation sites (tertiary alicyclic amines) is 1. The van der Waals surface area contributed by atoms with Gasteiger partial charge in [-0.2, -0.15) is 0 Å². The molecule has 0 atom stereocenters. The molecule has 0 spiro atoms. The molecule has 2 aromatic heterocycles. The highest BCUT2D eigenvalue weighted by molar-refractivity contribution is 5.85. The van der Waals surface area contributed by atoms with Crippen molar-refractivity contribution < 1.29 is 4.42 Å². The van der Waals surface area contributed by atoms with Crippen LogP contribution in [0.5, 0.6) is 0 Å². The van der Waals surface area contributed by atoms with Gasteiger partial charge in [0.2, 0.25) is 5.89 Å². The quantitative estimate of drug-likeness (QED) is 0.650. The minimum Gasteiger partial charge on any atom is -0.419 e. The Balaban J connectivity index is 1.64. The van der Waals surface area contributed by atoms with Gasteiger partial charge in [0.05, 0.1) is 0 Å². The molecule has 0 aliphatic carbocycles. The molecule has 0 radical (unpaired) electrons. The lowest BCUT2D eigenvalue weighted by Gasteiger charge is -2.16. The lowest BCUT2D eigenvalue weighted by atomic mass is 10.2. The predicted octanol–water partition coefficient (Wildman–Crippen LogP) is 4.13. The maximum atomic E-state index is 5.96. The highest BCUT2D eigenvalue weighted by Crippen LogP contribution is 2.28. The summed E-state index contributed by atoms with van der Waals surface area (Å²) >= 11 is 0. The Morgan fingerprint density at radius 3 is 2.76 bits per heavy atom. The molecule has 0 amide bonds. The number of unbranched alkanes of at least 4 members (excludes halogenated alkanes) is 1. The van der Waals surface area contributed by atoms with E-state index in [-0.39, 0.29) is 0 Å². The molecule has 3 heterocycles. The van der Waals surface area contributed by atoms with Gasteiger partial charge in [-0.25, -0.2) is 0 Å². The Kier molecular flexibility index (Phi) is 4.83. The van der Waals surface area contributed by atoms with E-state index in [2.05, 4.69) is 56.9 Å². The largest absolute Gasteiger partial charge is 0.419 e. The first-order chi connectivity index (χ1) is 12.3. The number of nitrogens with zero attached hydrogens (tertiary/aromatic N) is 4. The zero-order chi connectivity index (χ0) is 17.1. The van der Waals surface area contributed by atoms with Gasteiger partial charge in [-0.15, -0.1) is 10.2 Å². The number of fused-ring (bicyclic) bond motifs is 1. The van der Waals surface area contributed by atoms with E-state index in [0.717, 1.165) is 43.9 Å². The van der Waals surface area contributed by atoms with Gasteiger partial charge in [0.25, 0.3) is 5.89 Å². The molecule has 0 bridgehead atoms. The van der Waals surface area contributed by atoms with Crippen molar-refractivity contribution >= 4 is 10.9 Å². The van der Waals surface area contributed by atoms with Gasteiger partial charge in [-0.3, -0.25) is 0 Å². The van der Waals surface area contributed by atoms with Crippen LogP contribution < -0.4 is 0 Å². The number of hydrogen-bond acceptors (Lipinski definition) is 4. The van der Waals surface area contributed by atoms with Crippen LogP contribution in [0.4, 0.5) is 0 Å². The highest BCUT2D eigenvalue weighted by atomic mass is 16.4. The summed E-state index contributed by atoms with van der Waals surface area (Å²) in [6.45, 7) is 6.64. The number of aromatic nitrogens is 3. The summed E-state index contributed by atoms with van der Waals surface area (Å²) in [6, 6.07) is 10.7. The fourth-order valence-corrected chi connectivity index (χ4v) is 3.66. The average molecular weight is 338 g/mol. The first kappa shape index (κ1) is 16.3. The Morgan fingerprint density at radius 2 is 1.92 bits per heavy atom. The monoisotopic (exact) mass is 338 g/mol. The summed E-state index contributed by atoms with van der Waals surface area (Å²) in [6.07, 6.45) is 5.72. The van der Waals surface area contributed by atoms with Crippen LogP contribution in [0.2, 0.25) is 0 Å². The van der Waals surface area contributed by atoms with Crippen molar-refractivity contribution in [3.63, 3.8) is 0 Å². The zero-order valence-corrected chi connectivity index (χ0v) is 14.9. The average Bonchev–Trinajstić information content (AvgIpc) is 3.37. The number of benzene rings is 1. The minimum atomic E-state index is 0.642. The van der Waals surface area contributed by atoms with E-state index in [4.69, 9.17) is 4.42 Å². The van der Waals surface area contributed by atoms with Crippen LogP contribution in [0.1, 0.15) is 38.5 Å². The molecule has 5 heteroatoms. The van der Waals surface area contributed by atoms with Gasteiger partial charge in [0.15, 0.2) is 0 Å². The molecule has 132 valence electrons. The Hall–Kier alpha value is -2.14. The van der Waals surface area contributed by atoms with Crippen LogP contribution in [0.15, 0.2) is 34.7 Å². The number of aryl methyl sites for hydroxylation is 1. The van der Waals surface area contributed by atoms with Gasteiger partial charge < -0.3 is 13.9 Å². The van der Waals surface area contributed by atoms with Gasteiger partial charge >= 0.3 is 0 Å². The molecular formula is C20H26N4O. The van der Waals surface area contributed by atoms with Crippen molar-refractivity contribution in [3.05, 3.63) is 36.2 Å². The molecule has 4 rings (SSSR count). The highest BCUT2D eigenvalue weighted by Gasteiger charge is 2.18. The third kappa shape index (κ3) is 3.47. The Morgan fingerprint density at radius 1 is 1.08 bits per heavy atom. The molecule has 0 N–H and O–H groups in total. The molecular weight excluding hydrogens is 312 g/mol. The normalized spacial score (nSPS) is 15.4. The minimum absolute atomic E-state index is 0.642. The Labute approximate surface area is 148 Å². The molecule has 0 saturated carbocycles. The molecule has 1 fully saturated rings. The second-order valence-electron chi connectivity index (χ2n) is 6.89. The first-order valence-corrected chi connectivity index (χ1v) is 9.48. The number of para-hydroxylation sites is 1. The maximum Gasteiger partial charge on any atom is 0.264 e. The molecule has 3 aromatic rings. The molecule has 1 aliphatic rings. The second-order valence-corrected chi connectivity index (χ2v) is 6.89. The van der Waals surface area contributed by atoms with E-state index in [0.29, 0.717) is 5.89 Å². The van der Waals surface area contributed by atoms with Crippen molar-refractivity contribution in [2.75, 3.05) is 19.6 Å². The van der Waals surface area contributed by atoms with Gasteiger partial charge in [0.1, 0.15) is 5.69 Å².